The maximum absolute atomic E-state index is 14.9. The standard InChI is InChI=1S/C20H19F4N5O2/c21-14-1-2-16(17(22)12(14)7-25)26-19(31)28-6-4-15-13(9-28)18-20(23,24)5-3-11(10-30)8-29(18)27-15/h1-2,11,30H,3-6,8-10H2,(H,26,31)/t11-/m1/s1. The normalized spacial score (nSPS) is 19.7. The maximum atomic E-state index is 14.9. The molecule has 2 aliphatic heterocycles. The number of aliphatic hydroxyl groups is 1. The minimum Gasteiger partial charge on any atom is -0.396 e. The van der Waals surface area contributed by atoms with Crippen molar-refractivity contribution in [1.29, 1.82) is 5.26 Å². The molecule has 31 heavy (non-hydrogen) atoms. The number of urea groups is 1. The number of carbonyl (C=O) groups is 1. The first-order valence-corrected chi connectivity index (χ1v) is 9.77. The van der Waals surface area contributed by atoms with E-state index in [4.69, 9.17) is 5.26 Å². The van der Waals surface area contributed by atoms with E-state index in [1.54, 1.807) is 0 Å². The molecule has 0 bridgehead atoms. The third-order valence-corrected chi connectivity index (χ3v) is 5.74. The molecule has 0 radical (unpaired) electrons. The van der Waals surface area contributed by atoms with Crippen LogP contribution in [0.2, 0.25) is 0 Å². The van der Waals surface area contributed by atoms with Gasteiger partial charge in [0.25, 0.3) is 5.92 Å². The number of hydrogen-bond donors (Lipinski definition) is 2. The Kier molecular flexibility index (Phi) is 5.35. The zero-order valence-electron chi connectivity index (χ0n) is 16.3. The molecule has 1 aromatic carbocycles. The van der Waals surface area contributed by atoms with Crippen molar-refractivity contribution in [2.45, 2.75) is 38.3 Å². The first kappa shape index (κ1) is 21.1. The molecular weight excluding hydrogens is 418 g/mol. The average molecular weight is 437 g/mol. The predicted octanol–water partition coefficient (Wildman–Crippen LogP) is 3.12. The maximum Gasteiger partial charge on any atom is 0.322 e. The smallest absolute Gasteiger partial charge is 0.322 e. The first-order chi connectivity index (χ1) is 14.7. The highest BCUT2D eigenvalue weighted by Crippen LogP contribution is 2.41. The Morgan fingerprint density at radius 2 is 2.16 bits per heavy atom. The van der Waals surface area contributed by atoms with Crippen molar-refractivity contribution >= 4 is 11.7 Å². The summed E-state index contributed by atoms with van der Waals surface area (Å²) in [4.78, 5) is 13.9. The molecule has 0 fully saturated rings. The van der Waals surface area contributed by atoms with Crippen molar-refractivity contribution in [1.82, 2.24) is 14.7 Å². The molecule has 7 nitrogen and oxygen atoms in total. The van der Waals surface area contributed by atoms with Crippen LogP contribution >= 0.6 is 0 Å². The van der Waals surface area contributed by atoms with Crippen LogP contribution in [0.3, 0.4) is 0 Å². The Bertz CT molecular complexity index is 1080. The molecule has 2 aromatic rings. The number of aliphatic hydroxyl groups excluding tert-OH is 1. The molecule has 2 N–H and O–H groups in total. The van der Waals surface area contributed by atoms with E-state index in [1.165, 1.54) is 15.7 Å². The number of fused-ring (bicyclic) bond motifs is 3. The summed E-state index contributed by atoms with van der Waals surface area (Å²) in [5.74, 6) is -5.74. The number of halogens is 4. The topological polar surface area (TPSA) is 94.2 Å². The Balaban J connectivity index is 1.59. The number of benzene rings is 1. The summed E-state index contributed by atoms with van der Waals surface area (Å²) in [5, 5.41) is 24.9. The zero-order valence-corrected chi connectivity index (χ0v) is 16.3. The number of nitrogens with one attached hydrogen (secondary N) is 1. The van der Waals surface area contributed by atoms with Gasteiger partial charge in [-0.3, -0.25) is 4.68 Å². The molecular formula is C20H19F4N5O2. The van der Waals surface area contributed by atoms with Crippen molar-refractivity contribution in [2.24, 2.45) is 5.92 Å². The largest absolute Gasteiger partial charge is 0.396 e. The van der Waals surface area contributed by atoms with Crippen molar-refractivity contribution in [3.05, 3.63) is 46.3 Å². The fourth-order valence-electron chi connectivity index (χ4n) is 4.08. The predicted molar refractivity (Wildman–Crippen MR) is 100 cm³/mol. The summed E-state index contributed by atoms with van der Waals surface area (Å²) in [6, 6.07) is 2.49. The minimum absolute atomic E-state index is 0.149. The zero-order chi connectivity index (χ0) is 22.3. The lowest BCUT2D eigenvalue weighted by atomic mass is 9.98. The average Bonchev–Trinajstić information content (AvgIpc) is 3.05. The fourth-order valence-corrected chi connectivity index (χ4v) is 4.08. The number of nitriles is 1. The molecule has 11 heteroatoms. The molecule has 3 heterocycles. The van der Waals surface area contributed by atoms with E-state index < -0.39 is 35.6 Å². The molecule has 164 valence electrons. The van der Waals surface area contributed by atoms with E-state index >= 15 is 0 Å². The number of carbonyl (C=O) groups excluding carboxylic acids is 1. The van der Waals surface area contributed by atoms with Crippen LogP contribution in [-0.4, -0.2) is 39.0 Å². The molecule has 1 atom stereocenters. The third-order valence-electron chi connectivity index (χ3n) is 5.74. The van der Waals surface area contributed by atoms with Gasteiger partial charge in [0.05, 0.1) is 17.9 Å². The lowest BCUT2D eigenvalue weighted by molar-refractivity contribution is -0.0226. The molecule has 0 aliphatic carbocycles. The van der Waals surface area contributed by atoms with Crippen molar-refractivity contribution in [2.75, 3.05) is 18.5 Å². The highest BCUT2D eigenvalue weighted by Gasteiger charge is 2.43. The number of amides is 2. The Labute approximate surface area is 174 Å². The van der Waals surface area contributed by atoms with Gasteiger partial charge in [-0.15, -0.1) is 0 Å². The monoisotopic (exact) mass is 437 g/mol. The molecule has 2 aliphatic rings. The van der Waals surface area contributed by atoms with Crippen LogP contribution < -0.4 is 5.32 Å². The molecule has 1 aromatic heterocycles. The Morgan fingerprint density at radius 3 is 2.87 bits per heavy atom. The van der Waals surface area contributed by atoms with Crippen LogP contribution in [0.5, 0.6) is 0 Å². The van der Waals surface area contributed by atoms with Crippen LogP contribution in [0.4, 0.5) is 28.0 Å². The van der Waals surface area contributed by atoms with Gasteiger partial charge in [0.1, 0.15) is 23.1 Å². The van der Waals surface area contributed by atoms with Gasteiger partial charge in [0.15, 0.2) is 5.82 Å². The van der Waals surface area contributed by atoms with E-state index in [9.17, 15) is 27.5 Å². The molecule has 0 unspecified atom stereocenters. The van der Waals surface area contributed by atoms with Crippen LogP contribution in [0, 0.1) is 28.9 Å². The third kappa shape index (κ3) is 3.72. The highest BCUT2D eigenvalue weighted by molar-refractivity contribution is 5.90. The SMILES string of the molecule is N#Cc1c(F)ccc(NC(=O)N2CCc3nn4c(c3C2)C(F)(F)CC[C@@H](CO)C4)c1F. The number of rotatable bonds is 2. The number of anilines is 1. The second-order valence-electron chi connectivity index (χ2n) is 7.75. The second kappa shape index (κ2) is 7.85. The number of nitrogens with zero attached hydrogens (tertiary/aromatic N) is 4. The van der Waals surface area contributed by atoms with Crippen LogP contribution in [-0.2, 0) is 25.4 Å². The van der Waals surface area contributed by atoms with Crippen molar-refractivity contribution in [3.63, 3.8) is 0 Å². The van der Waals surface area contributed by atoms with Crippen LogP contribution in [0.25, 0.3) is 0 Å². The lowest BCUT2D eigenvalue weighted by Gasteiger charge is -2.28. The Morgan fingerprint density at radius 1 is 1.39 bits per heavy atom. The molecule has 0 saturated heterocycles. The van der Waals surface area contributed by atoms with Gasteiger partial charge in [-0.25, -0.2) is 13.6 Å². The first-order valence-electron chi connectivity index (χ1n) is 9.77. The van der Waals surface area contributed by atoms with Gasteiger partial charge in [-0.05, 0) is 18.6 Å². The number of alkyl halides is 2. The summed E-state index contributed by atoms with van der Waals surface area (Å²) in [6.45, 7) is -0.0388. The second-order valence-corrected chi connectivity index (χ2v) is 7.75. The molecule has 0 spiro atoms. The van der Waals surface area contributed by atoms with E-state index in [1.807, 2.05) is 0 Å². The summed E-state index contributed by atoms with van der Waals surface area (Å²) >= 11 is 0. The number of hydrogen-bond acceptors (Lipinski definition) is 4. The summed E-state index contributed by atoms with van der Waals surface area (Å²) in [6.07, 6.45) is -0.0465. The lowest BCUT2D eigenvalue weighted by Crippen LogP contribution is -2.39. The quantitative estimate of drug-likeness (QED) is 0.706. The molecule has 0 saturated carbocycles. The molecule has 4 rings (SSSR count). The van der Waals surface area contributed by atoms with Gasteiger partial charge >= 0.3 is 6.03 Å². The van der Waals surface area contributed by atoms with Crippen LogP contribution in [0.1, 0.15) is 35.4 Å². The number of aromatic nitrogens is 2. The van der Waals surface area contributed by atoms with Gasteiger partial charge in [-0.2, -0.15) is 19.1 Å². The highest BCUT2D eigenvalue weighted by atomic mass is 19.3. The van der Waals surface area contributed by atoms with Gasteiger partial charge in [-0.1, -0.05) is 0 Å². The summed E-state index contributed by atoms with van der Waals surface area (Å²) in [7, 11) is 0. The fraction of sp³-hybridized carbons (Fsp3) is 0.450. The van der Waals surface area contributed by atoms with E-state index in [0.717, 1.165) is 12.1 Å². The summed E-state index contributed by atoms with van der Waals surface area (Å²) < 4.78 is 58.7. The van der Waals surface area contributed by atoms with Crippen molar-refractivity contribution in [3.8, 4) is 6.07 Å². The van der Waals surface area contributed by atoms with Gasteiger partial charge in [0, 0.05) is 44.0 Å². The van der Waals surface area contributed by atoms with Gasteiger partial charge < -0.3 is 15.3 Å². The van der Waals surface area contributed by atoms with Gasteiger partial charge in [0.2, 0.25) is 0 Å². The summed E-state index contributed by atoms with van der Waals surface area (Å²) in [5.41, 5.74) is -0.729. The molecule has 2 amide bonds. The van der Waals surface area contributed by atoms with E-state index in [-0.39, 0.29) is 61.9 Å². The van der Waals surface area contributed by atoms with E-state index in [0.29, 0.717) is 5.69 Å². The van der Waals surface area contributed by atoms with E-state index in [2.05, 4.69) is 10.4 Å². The minimum atomic E-state index is -3.16. The van der Waals surface area contributed by atoms with Crippen molar-refractivity contribution < 1.29 is 27.5 Å². The van der Waals surface area contributed by atoms with Crippen LogP contribution in [0.15, 0.2) is 12.1 Å². The Hall–Kier alpha value is -3.13.